The molecule has 2 aromatic heterocycles. The monoisotopic (exact) mass is 410 g/mol. The van der Waals surface area contributed by atoms with E-state index in [2.05, 4.69) is 20.6 Å². The summed E-state index contributed by atoms with van der Waals surface area (Å²) in [7, 11) is 0. The lowest BCUT2D eigenvalue weighted by Gasteiger charge is -2.05. The Hall–Kier alpha value is -4.39. The van der Waals surface area contributed by atoms with Gasteiger partial charge in [0.05, 0.1) is 17.5 Å². The molecule has 0 saturated carbocycles. The molecule has 31 heavy (non-hydrogen) atoms. The molecular formula is C24H18N4O3. The zero-order chi connectivity index (χ0) is 21.2. The Labute approximate surface area is 177 Å². The Morgan fingerprint density at radius 1 is 0.903 bits per heavy atom. The Morgan fingerprint density at radius 2 is 1.68 bits per heavy atom. The van der Waals surface area contributed by atoms with Gasteiger partial charge in [0, 0.05) is 11.1 Å². The molecule has 0 fully saturated rings. The molecule has 5 aromatic rings. The van der Waals surface area contributed by atoms with Gasteiger partial charge in [-0.3, -0.25) is 14.9 Å². The van der Waals surface area contributed by atoms with E-state index < -0.39 is 0 Å². The standard InChI is InChI=1S/C24H18N4O3/c29-22(28-24-26-18-6-2-3-7-19(18)27-24)13-15-9-11-17(12-10-15)25-23(30)21-14-16-5-1-4-8-20(16)31-21/h1-12,14H,13H2,(H,25,30)(H2,26,27,28,29). The normalized spacial score (nSPS) is 11.0. The first-order valence-corrected chi connectivity index (χ1v) is 9.77. The van der Waals surface area contributed by atoms with Gasteiger partial charge in [-0.1, -0.05) is 42.5 Å². The highest BCUT2D eigenvalue weighted by molar-refractivity contribution is 6.04. The molecule has 0 spiro atoms. The minimum absolute atomic E-state index is 0.182. The average molecular weight is 410 g/mol. The molecule has 3 N–H and O–H groups in total. The lowest BCUT2D eigenvalue weighted by Crippen LogP contribution is -2.15. The number of para-hydroxylation sites is 3. The van der Waals surface area contributed by atoms with Gasteiger partial charge in [-0.2, -0.15) is 0 Å². The van der Waals surface area contributed by atoms with Gasteiger partial charge in [0.1, 0.15) is 5.58 Å². The van der Waals surface area contributed by atoms with E-state index in [-0.39, 0.29) is 24.0 Å². The van der Waals surface area contributed by atoms with Crippen LogP contribution in [0.25, 0.3) is 22.0 Å². The summed E-state index contributed by atoms with van der Waals surface area (Å²) in [5, 5.41) is 6.45. The van der Waals surface area contributed by atoms with Crippen LogP contribution in [0.5, 0.6) is 0 Å². The van der Waals surface area contributed by atoms with Gasteiger partial charge < -0.3 is 14.7 Å². The smallest absolute Gasteiger partial charge is 0.291 e. The van der Waals surface area contributed by atoms with Gasteiger partial charge in [-0.05, 0) is 42.0 Å². The highest BCUT2D eigenvalue weighted by Crippen LogP contribution is 2.20. The van der Waals surface area contributed by atoms with Crippen molar-refractivity contribution in [1.82, 2.24) is 9.97 Å². The van der Waals surface area contributed by atoms with Crippen LogP contribution in [-0.2, 0) is 11.2 Å². The Kier molecular flexibility index (Phi) is 4.68. The molecule has 0 bridgehead atoms. The number of anilines is 2. The molecule has 0 saturated heterocycles. The molecule has 0 atom stereocenters. The number of carbonyl (C=O) groups is 2. The third kappa shape index (κ3) is 4.02. The molecule has 3 aromatic carbocycles. The number of carbonyl (C=O) groups excluding carboxylic acids is 2. The van der Waals surface area contributed by atoms with Crippen LogP contribution < -0.4 is 10.6 Å². The molecule has 2 amide bonds. The number of benzene rings is 3. The minimum atomic E-state index is -0.327. The number of hydrogen-bond donors (Lipinski definition) is 3. The number of aromatic amines is 1. The molecule has 0 radical (unpaired) electrons. The number of furan rings is 1. The average Bonchev–Trinajstić information content (AvgIpc) is 3.38. The number of amides is 2. The van der Waals surface area contributed by atoms with E-state index >= 15 is 0 Å². The number of fused-ring (bicyclic) bond motifs is 2. The van der Waals surface area contributed by atoms with Crippen molar-refractivity contribution in [2.24, 2.45) is 0 Å². The summed E-state index contributed by atoms with van der Waals surface area (Å²) in [5.74, 6) is 0.154. The zero-order valence-corrected chi connectivity index (χ0v) is 16.4. The van der Waals surface area contributed by atoms with Crippen molar-refractivity contribution in [3.05, 3.63) is 90.2 Å². The first-order valence-electron chi connectivity index (χ1n) is 9.77. The molecule has 2 heterocycles. The second-order valence-corrected chi connectivity index (χ2v) is 7.13. The van der Waals surface area contributed by atoms with Crippen molar-refractivity contribution in [3.63, 3.8) is 0 Å². The van der Waals surface area contributed by atoms with Gasteiger partial charge >= 0.3 is 0 Å². The highest BCUT2D eigenvalue weighted by Gasteiger charge is 2.13. The third-order valence-corrected chi connectivity index (χ3v) is 4.87. The van der Waals surface area contributed by atoms with E-state index in [4.69, 9.17) is 4.42 Å². The number of imidazole rings is 1. The van der Waals surface area contributed by atoms with Crippen LogP contribution in [0, 0.1) is 0 Å². The molecule has 0 aliphatic heterocycles. The summed E-state index contributed by atoms with van der Waals surface area (Å²) in [6.45, 7) is 0. The topological polar surface area (TPSA) is 100 Å². The second kappa shape index (κ2) is 7.79. The van der Waals surface area contributed by atoms with E-state index in [1.807, 2.05) is 48.5 Å². The van der Waals surface area contributed by atoms with E-state index in [0.717, 1.165) is 22.0 Å². The van der Waals surface area contributed by atoms with Crippen LogP contribution in [0.3, 0.4) is 0 Å². The van der Waals surface area contributed by atoms with Gasteiger partial charge in [-0.15, -0.1) is 0 Å². The Bertz CT molecular complexity index is 1330. The maximum Gasteiger partial charge on any atom is 0.291 e. The number of nitrogens with one attached hydrogen (secondary N) is 3. The van der Waals surface area contributed by atoms with Gasteiger partial charge in [-0.25, -0.2) is 4.98 Å². The number of nitrogens with zero attached hydrogens (tertiary/aromatic N) is 1. The Morgan fingerprint density at radius 3 is 2.48 bits per heavy atom. The van der Waals surface area contributed by atoms with Crippen molar-refractivity contribution in [1.29, 1.82) is 0 Å². The van der Waals surface area contributed by atoms with E-state index in [0.29, 0.717) is 17.2 Å². The lowest BCUT2D eigenvalue weighted by atomic mass is 10.1. The fourth-order valence-electron chi connectivity index (χ4n) is 3.37. The van der Waals surface area contributed by atoms with E-state index in [1.54, 1.807) is 30.3 Å². The van der Waals surface area contributed by atoms with Gasteiger partial charge in [0.2, 0.25) is 11.9 Å². The van der Waals surface area contributed by atoms with Crippen molar-refractivity contribution in [3.8, 4) is 0 Å². The van der Waals surface area contributed by atoms with Crippen LogP contribution in [0.4, 0.5) is 11.6 Å². The number of rotatable bonds is 5. The first-order chi connectivity index (χ1) is 15.1. The predicted octanol–water partition coefficient (Wildman–Crippen LogP) is 4.74. The van der Waals surface area contributed by atoms with Gasteiger partial charge in [0.15, 0.2) is 5.76 Å². The first kappa shape index (κ1) is 18.6. The molecule has 0 aliphatic carbocycles. The van der Waals surface area contributed by atoms with Gasteiger partial charge in [0.25, 0.3) is 5.91 Å². The summed E-state index contributed by atoms with van der Waals surface area (Å²) in [6, 6.07) is 23.8. The predicted molar refractivity (Wildman–Crippen MR) is 119 cm³/mol. The van der Waals surface area contributed by atoms with Crippen LogP contribution in [0.1, 0.15) is 16.1 Å². The van der Waals surface area contributed by atoms with Crippen LogP contribution in [0.2, 0.25) is 0 Å². The summed E-state index contributed by atoms with van der Waals surface area (Å²) < 4.78 is 5.58. The van der Waals surface area contributed by atoms with Crippen molar-refractivity contribution in [2.45, 2.75) is 6.42 Å². The van der Waals surface area contributed by atoms with Crippen molar-refractivity contribution < 1.29 is 14.0 Å². The highest BCUT2D eigenvalue weighted by atomic mass is 16.3. The van der Waals surface area contributed by atoms with Crippen LogP contribution in [0.15, 0.2) is 83.3 Å². The maximum atomic E-state index is 12.4. The zero-order valence-electron chi connectivity index (χ0n) is 16.4. The molecule has 7 heteroatoms. The maximum absolute atomic E-state index is 12.4. The molecular weight excluding hydrogens is 392 g/mol. The van der Waals surface area contributed by atoms with Crippen LogP contribution in [-0.4, -0.2) is 21.8 Å². The molecule has 0 unspecified atom stereocenters. The molecule has 0 aliphatic rings. The number of H-pyrrole nitrogens is 1. The summed E-state index contributed by atoms with van der Waals surface area (Å²) >= 11 is 0. The van der Waals surface area contributed by atoms with Crippen molar-refractivity contribution in [2.75, 3.05) is 10.6 Å². The SMILES string of the molecule is O=C(Cc1ccc(NC(=O)c2cc3ccccc3o2)cc1)Nc1nc2ccccc2[nH]1. The summed E-state index contributed by atoms with van der Waals surface area (Å²) in [4.78, 5) is 32.2. The van der Waals surface area contributed by atoms with E-state index in [1.165, 1.54) is 0 Å². The largest absolute Gasteiger partial charge is 0.451 e. The van der Waals surface area contributed by atoms with Crippen molar-refractivity contribution >= 4 is 45.5 Å². The second-order valence-electron chi connectivity index (χ2n) is 7.13. The molecule has 5 rings (SSSR count). The fraction of sp³-hybridized carbons (Fsp3) is 0.0417. The number of aromatic nitrogens is 2. The third-order valence-electron chi connectivity index (χ3n) is 4.87. The molecule has 152 valence electrons. The lowest BCUT2D eigenvalue weighted by molar-refractivity contribution is -0.115. The summed E-state index contributed by atoms with van der Waals surface area (Å²) in [5.41, 5.74) is 3.76. The minimum Gasteiger partial charge on any atom is -0.451 e. The quantitative estimate of drug-likeness (QED) is 0.389. The van der Waals surface area contributed by atoms with E-state index in [9.17, 15) is 9.59 Å². The molecule has 7 nitrogen and oxygen atoms in total. The number of hydrogen-bond acceptors (Lipinski definition) is 4. The van der Waals surface area contributed by atoms with Crippen LogP contribution >= 0.6 is 0 Å². The Balaban J connectivity index is 1.21. The fourth-order valence-corrected chi connectivity index (χ4v) is 3.37. The summed E-state index contributed by atoms with van der Waals surface area (Å²) in [6.07, 6.45) is 0.189.